The van der Waals surface area contributed by atoms with Crippen molar-refractivity contribution in [1.82, 2.24) is 0 Å². The maximum atomic E-state index is 8.65. The monoisotopic (exact) mass is 264 g/mol. The minimum atomic E-state index is 0.656. The Morgan fingerprint density at radius 3 is 2.88 bits per heavy atom. The van der Waals surface area contributed by atoms with Crippen molar-refractivity contribution in [2.45, 2.75) is 0 Å². The zero-order valence-corrected chi connectivity index (χ0v) is 10.9. The van der Waals surface area contributed by atoms with Crippen molar-refractivity contribution in [1.29, 1.82) is 5.26 Å². The summed E-state index contributed by atoms with van der Waals surface area (Å²) in [4.78, 5) is 4.35. The lowest BCUT2D eigenvalue weighted by Gasteiger charge is -2.05. The van der Waals surface area contributed by atoms with Crippen molar-refractivity contribution in [2.24, 2.45) is 4.99 Å². The van der Waals surface area contributed by atoms with Crippen LogP contribution in [-0.4, -0.2) is 29.0 Å². The molecule has 1 aliphatic heterocycles. The Hall–Kier alpha value is -1.12. The Morgan fingerprint density at radius 1 is 1.41 bits per heavy atom. The molecule has 5 heteroatoms. The van der Waals surface area contributed by atoms with E-state index in [1.54, 1.807) is 23.9 Å². The van der Waals surface area contributed by atoms with Gasteiger partial charge in [0.2, 0.25) is 0 Å². The first-order valence-electron chi connectivity index (χ1n) is 5.31. The lowest BCUT2D eigenvalue weighted by molar-refractivity contribution is 0.344. The average molecular weight is 264 g/mol. The van der Waals surface area contributed by atoms with Gasteiger partial charge in [-0.1, -0.05) is 23.5 Å². The number of ether oxygens (including phenoxy) is 1. The van der Waals surface area contributed by atoms with E-state index in [0.717, 1.165) is 23.8 Å². The minimum absolute atomic E-state index is 0.656. The first-order chi connectivity index (χ1) is 8.38. The molecule has 0 amide bonds. The molecule has 0 aliphatic carbocycles. The maximum Gasteiger partial charge on any atom is 0.124 e. The molecule has 1 aromatic carbocycles. The smallest absolute Gasteiger partial charge is 0.124 e. The zero-order valence-electron chi connectivity index (χ0n) is 9.26. The summed E-state index contributed by atoms with van der Waals surface area (Å²) in [5.41, 5.74) is 0.656. The number of benzene rings is 1. The van der Waals surface area contributed by atoms with Gasteiger partial charge in [-0.05, 0) is 24.3 Å². The van der Waals surface area contributed by atoms with Gasteiger partial charge in [0.25, 0.3) is 0 Å². The van der Waals surface area contributed by atoms with Crippen molar-refractivity contribution in [2.75, 3.05) is 24.7 Å². The van der Waals surface area contributed by atoms with Crippen LogP contribution in [-0.2, 0) is 0 Å². The predicted molar refractivity (Wildman–Crippen MR) is 73.9 cm³/mol. The van der Waals surface area contributed by atoms with Crippen molar-refractivity contribution in [3.05, 3.63) is 29.8 Å². The molecule has 0 saturated carbocycles. The van der Waals surface area contributed by atoms with Crippen LogP contribution in [0, 0.1) is 11.3 Å². The Morgan fingerprint density at radius 2 is 2.24 bits per heavy atom. The second kappa shape index (κ2) is 6.58. The molecule has 88 valence electrons. The number of nitrogens with zero attached hydrogens (tertiary/aromatic N) is 2. The van der Waals surface area contributed by atoms with E-state index in [2.05, 4.69) is 11.1 Å². The molecular formula is C12H12N2OS2. The highest BCUT2D eigenvalue weighted by Crippen LogP contribution is 2.22. The summed E-state index contributed by atoms with van der Waals surface area (Å²) in [6.07, 6.45) is 0. The van der Waals surface area contributed by atoms with Crippen LogP contribution >= 0.6 is 23.5 Å². The Labute approximate surface area is 109 Å². The van der Waals surface area contributed by atoms with Gasteiger partial charge in [0.05, 0.1) is 24.8 Å². The number of hydrogen-bond acceptors (Lipinski definition) is 5. The van der Waals surface area contributed by atoms with Crippen LogP contribution in [0.5, 0.6) is 5.75 Å². The first kappa shape index (κ1) is 12.3. The summed E-state index contributed by atoms with van der Waals surface area (Å²) < 4.78 is 6.75. The van der Waals surface area contributed by atoms with Crippen LogP contribution in [0.15, 0.2) is 29.3 Å². The SMILES string of the molecule is N#Cc1ccc(OCCSC2=NCCS2)cc1. The van der Waals surface area contributed by atoms with Crippen LogP contribution in [0.25, 0.3) is 0 Å². The third-order valence-corrected chi connectivity index (χ3v) is 4.34. The van der Waals surface area contributed by atoms with Gasteiger partial charge in [-0.25, -0.2) is 0 Å². The van der Waals surface area contributed by atoms with Gasteiger partial charge in [0.1, 0.15) is 10.1 Å². The summed E-state index contributed by atoms with van der Waals surface area (Å²) in [5.74, 6) is 2.83. The normalized spacial score (nSPS) is 14.2. The predicted octanol–water partition coefficient (Wildman–Crippen LogP) is 2.77. The van der Waals surface area contributed by atoms with Gasteiger partial charge in [0, 0.05) is 11.5 Å². The molecule has 0 bridgehead atoms. The number of hydrogen-bond donors (Lipinski definition) is 0. The lowest BCUT2D eigenvalue weighted by Crippen LogP contribution is -2.01. The lowest BCUT2D eigenvalue weighted by atomic mass is 10.2. The van der Waals surface area contributed by atoms with Crippen molar-refractivity contribution < 1.29 is 4.74 Å². The zero-order chi connectivity index (χ0) is 11.9. The second-order valence-electron chi connectivity index (χ2n) is 3.33. The van der Waals surface area contributed by atoms with Crippen LogP contribution < -0.4 is 4.74 Å². The molecule has 0 spiro atoms. The highest BCUT2D eigenvalue weighted by molar-refractivity contribution is 8.39. The van der Waals surface area contributed by atoms with E-state index in [9.17, 15) is 0 Å². The Bertz CT molecular complexity index is 437. The number of thioether (sulfide) groups is 2. The molecule has 0 saturated heterocycles. The molecule has 2 rings (SSSR count). The third kappa shape index (κ3) is 3.99. The van der Waals surface area contributed by atoms with E-state index in [4.69, 9.17) is 10.00 Å². The van der Waals surface area contributed by atoms with E-state index in [1.165, 1.54) is 4.38 Å². The summed E-state index contributed by atoms with van der Waals surface area (Å²) in [7, 11) is 0. The van der Waals surface area contributed by atoms with Crippen LogP contribution in [0.3, 0.4) is 0 Å². The van der Waals surface area contributed by atoms with Gasteiger partial charge >= 0.3 is 0 Å². The van der Waals surface area contributed by atoms with Crippen LogP contribution in [0.4, 0.5) is 0 Å². The molecule has 3 nitrogen and oxygen atoms in total. The van der Waals surface area contributed by atoms with Gasteiger partial charge in [0.15, 0.2) is 0 Å². The van der Waals surface area contributed by atoms with E-state index in [-0.39, 0.29) is 0 Å². The highest BCUT2D eigenvalue weighted by Gasteiger charge is 2.06. The van der Waals surface area contributed by atoms with E-state index in [0.29, 0.717) is 12.2 Å². The van der Waals surface area contributed by atoms with Gasteiger partial charge < -0.3 is 4.74 Å². The largest absolute Gasteiger partial charge is 0.493 e. The van der Waals surface area contributed by atoms with Crippen LogP contribution in [0.1, 0.15) is 5.56 Å². The Balaban J connectivity index is 1.69. The third-order valence-electron chi connectivity index (χ3n) is 2.12. The fourth-order valence-electron chi connectivity index (χ4n) is 1.32. The highest BCUT2D eigenvalue weighted by atomic mass is 32.2. The molecular weight excluding hydrogens is 252 g/mol. The Kier molecular flexibility index (Phi) is 4.77. The number of rotatable bonds is 4. The molecule has 0 radical (unpaired) electrons. The fourth-order valence-corrected chi connectivity index (χ4v) is 3.21. The second-order valence-corrected chi connectivity index (χ2v) is 5.75. The molecule has 1 aliphatic rings. The molecule has 0 fully saturated rings. The van der Waals surface area contributed by atoms with Crippen LogP contribution in [0.2, 0.25) is 0 Å². The van der Waals surface area contributed by atoms with E-state index >= 15 is 0 Å². The number of aliphatic imine (C=N–C) groups is 1. The molecule has 17 heavy (non-hydrogen) atoms. The minimum Gasteiger partial charge on any atom is -0.493 e. The van der Waals surface area contributed by atoms with Crippen molar-refractivity contribution in [3.8, 4) is 11.8 Å². The molecule has 1 heterocycles. The van der Waals surface area contributed by atoms with E-state index in [1.807, 2.05) is 23.9 Å². The quantitative estimate of drug-likeness (QED) is 0.784. The summed E-state index contributed by atoms with van der Waals surface area (Å²) in [6, 6.07) is 9.26. The maximum absolute atomic E-state index is 8.65. The average Bonchev–Trinajstić information content (AvgIpc) is 2.88. The fraction of sp³-hybridized carbons (Fsp3) is 0.333. The van der Waals surface area contributed by atoms with Crippen molar-refractivity contribution in [3.63, 3.8) is 0 Å². The molecule has 1 aromatic rings. The molecule has 0 aromatic heterocycles. The topological polar surface area (TPSA) is 45.4 Å². The summed E-state index contributed by atoms with van der Waals surface area (Å²) >= 11 is 3.56. The summed E-state index contributed by atoms with van der Waals surface area (Å²) in [5, 5.41) is 8.65. The molecule has 0 unspecified atom stereocenters. The molecule has 0 N–H and O–H groups in total. The van der Waals surface area contributed by atoms with Crippen molar-refractivity contribution >= 4 is 27.9 Å². The van der Waals surface area contributed by atoms with Gasteiger partial charge in [-0.15, -0.1) is 0 Å². The van der Waals surface area contributed by atoms with E-state index < -0.39 is 0 Å². The molecule has 0 atom stereocenters. The standard InChI is InChI=1S/C12H12N2OS2/c13-9-10-1-3-11(4-2-10)15-6-8-17-12-14-5-7-16-12/h1-4H,5-8H2. The summed E-state index contributed by atoms with van der Waals surface area (Å²) in [6.45, 7) is 1.61. The number of nitriles is 1. The van der Waals surface area contributed by atoms with Gasteiger partial charge in [-0.3, -0.25) is 4.99 Å². The van der Waals surface area contributed by atoms with Gasteiger partial charge in [-0.2, -0.15) is 5.26 Å². The first-order valence-corrected chi connectivity index (χ1v) is 7.28.